The van der Waals surface area contributed by atoms with Gasteiger partial charge in [0.1, 0.15) is 12.9 Å². The van der Waals surface area contributed by atoms with Crippen molar-refractivity contribution in [3.63, 3.8) is 0 Å². The number of thiazole rings is 1. The molecule has 118 valence electrons. The van der Waals surface area contributed by atoms with Gasteiger partial charge in [0.2, 0.25) is 5.91 Å². The normalized spacial score (nSPS) is 10.7. The first kappa shape index (κ1) is 15.2. The molecule has 8 heteroatoms. The molecule has 3 aromatic rings. The van der Waals surface area contributed by atoms with Crippen LogP contribution in [-0.2, 0) is 18.4 Å². The summed E-state index contributed by atoms with van der Waals surface area (Å²) in [5.74, 6) is 0.467. The molecule has 3 rings (SSSR count). The number of rotatable bonds is 4. The van der Waals surface area contributed by atoms with Crippen molar-refractivity contribution in [2.24, 2.45) is 7.05 Å². The van der Waals surface area contributed by atoms with Gasteiger partial charge in [-0.1, -0.05) is 23.5 Å². The Morgan fingerprint density at radius 2 is 2.22 bits per heavy atom. The van der Waals surface area contributed by atoms with Crippen molar-refractivity contribution >= 4 is 22.9 Å². The third-order valence-corrected chi connectivity index (χ3v) is 4.28. The number of hydrogen-bond acceptors (Lipinski definition) is 5. The van der Waals surface area contributed by atoms with Gasteiger partial charge < -0.3 is 9.88 Å². The van der Waals surface area contributed by atoms with Gasteiger partial charge in [0.05, 0.1) is 0 Å². The fourth-order valence-electron chi connectivity index (χ4n) is 2.22. The van der Waals surface area contributed by atoms with Crippen molar-refractivity contribution in [3.05, 3.63) is 51.3 Å². The minimum atomic E-state index is -0.247. The summed E-state index contributed by atoms with van der Waals surface area (Å²) >= 11 is 1.09. The standard InChI is InChI=1S/C15H15N5O2S/c1-10-8-23-15(22)20(10)7-13(21)17-12-5-3-4-11(6-12)14-18-16-9-19(14)2/h3-6,8-9H,7H2,1-2H3,(H,17,21). The molecule has 0 saturated carbocycles. The van der Waals surface area contributed by atoms with Crippen LogP contribution in [0.4, 0.5) is 5.69 Å². The molecule has 0 atom stereocenters. The topological polar surface area (TPSA) is 81.8 Å². The van der Waals surface area contributed by atoms with Gasteiger partial charge in [-0.25, -0.2) is 0 Å². The molecular formula is C15H15N5O2S. The smallest absolute Gasteiger partial charge is 0.307 e. The van der Waals surface area contributed by atoms with Crippen LogP contribution >= 0.6 is 11.3 Å². The molecule has 2 aromatic heterocycles. The molecule has 0 bridgehead atoms. The van der Waals surface area contributed by atoms with Crippen LogP contribution in [0.3, 0.4) is 0 Å². The molecule has 0 unspecified atom stereocenters. The van der Waals surface area contributed by atoms with Gasteiger partial charge in [-0.15, -0.1) is 10.2 Å². The molecular weight excluding hydrogens is 314 g/mol. The molecule has 1 aromatic carbocycles. The van der Waals surface area contributed by atoms with Gasteiger partial charge >= 0.3 is 4.87 Å². The van der Waals surface area contributed by atoms with Crippen molar-refractivity contribution in [2.75, 3.05) is 5.32 Å². The lowest BCUT2D eigenvalue weighted by molar-refractivity contribution is -0.116. The minimum absolute atomic E-state index is 0.00234. The highest BCUT2D eigenvalue weighted by Crippen LogP contribution is 2.20. The summed E-state index contributed by atoms with van der Waals surface area (Å²) in [7, 11) is 1.85. The highest BCUT2D eigenvalue weighted by molar-refractivity contribution is 7.07. The molecule has 23 heavy (non-hydrogen) atoms. The average Bonchev–Trinajstić information content (AvgIpc) is 3.08. The van der Waals surface area contributed by atoms with E-state index in [1.165, 1.54) is 4.57 Å². The number of aromatic nitrogens is 4. The van der Waals surface area contributed by atoms with Gasteiger partial charge in [-0.3, -0.25) is 14.2 Å². The molecule has 0 radical (unpaired) electrons. The molecule has 2 heterocycles. The Morgan fingerprint density at radius 1 is 1.39 bits per heavy atom. The van der Waals surface area contributed by atoms with Gasteiger partial charge in [0.15, 0.2) is 5.82 Å². The van der Waals surface area contributed by atoms with Gasteiger partial charge in [0, 0.05) is 29.4 Å². The number of hydrogen-bond donors (Lipinski definition) is 1. The van der Waals surface area contributed by atoms with E-state index in [0.29, 0.717) is 11.5 Å². The molecule has 1 amide bonds. The van der Waals surface area contributed by atoms with Crippen LogP contribution in [-0.4, -0.2) is 25.2 Å². The lowest BCUT2D eigenvalue weighted by atomic mass is 10.2. The molecule has 0 aliphatic heterocycles. The number of benzene rings is 1. The number of carbonyl (C=O) groups excluding carboxylic acids is 1. The Bertz CT molecular complexity index is 908. The number of anilines is 1. The van der Waals surface area contributed by atoms with E-state index in [1.807, 2.05) is 25.2 Å². The highest BCUT2D eigenvalue weighted by atomic mass is 32.1. The van der Waals surface area contributed by atoms with E-state index in [4.69, 9.17) is 0 Å². The summed E-state index contributed by atoms with van der Waals surface area (Å²) in [4.78, 5) is 23.7. The predicted octanol–water partition coefficient (Wildman–Crippen LogP) is 1.65. The molecule has 0 aliphatic rings. The zero-order chi connectivity index (χ0) is 16.4. The summed E-state index contributed by atoms with van der Waals surface area (Å²) in [6, 6.07) is 7.35. The number of nitrogens with one attached hydrogen (secondary N) is 1. The second-order valence-electron chi connectivity index (χ2n) is 5.12. The zero-order valence-electron chi connectivity index (χ0n) is 12.7. The maximum atomic E-state index is 12.1. The van der Waals surface area contributed by atoms with E-state index in [-0.39, 0.29) is 17.3 Å². The zero-order valence-corrected chi connectivity index (χ0v) is 13.5. The van der Waals surface area contributed by atoms with Crippen LogP contribution in [0.2, 0.25) is 0 Å². The summed E-state index contributed by atoms with van der Waals surface area (Å²) in [5.41, 5.74) is 2.28. The second kappa shape index (κ2) is 6.17. The first-order valence-electron chi connectivity index (χ1n) is 6.94. The summed E-state index contributed by atoms with van der Waals surface area (Å²) < 4.78 is 3.25. The number of carbonyl (C=O) groups is 1. The minimum Gasteiger partial charge on any atom is -0.325 e. The van der Waals surface area contributed by atoms with Crippen molar-refractivity contribution in [1.82, 2.24) is 19.3 Å². The SMILES string of the molecule is Cc1csc(=O)n1CC(=O)Nc1cccc(-c2nncn2C)c1. The fraction of sp³-hybridized carbons (Fsp3) is 0.200. The van der Waals surface area contributed by atoms with E-state index in [1.54, 1.807) is 29.3 Å². The first-order chi connectivity index (χ1) is 11.0. The lowest BCUT2D eigenvalue weighted by Gasteiger charge is -2.08. The largest absolute Gasteiger partial charge is 0.325 e. The Morgan fingerprint density at radius 3 is 2.87 bits per heavy atom. The second-order valence-corrected chi connectivity index (χ2v) is 5.94. The maximum absolute atomic E-state index is 12.1. The fourth-order valence-corrected chi connectivity index (χ4v) is 2.96. The van der Waals surface area contributed by atoms with E-state index < -0.39 is 0 Å². The maximum Gasteiger partial charge on any atom is 0.307 e. The van der Waals surface area contributed by atoms with Crippen LogP contribution in [0.1, 0.15) is 5.69 Å². The Hall–Kier alpha value is -2.74. The van der Waals surface area contributed by atoms with Crippen molar-refractivity contribution in [2.45, 2.75) is 13.5 Å². The van der Waals surface area contributed by atoms with Crippen LogP contribution in [0.15, 0.2) is 40.8 Å². The molecule has 0 aliphatic carbocycles. The average molecular weight is 329 g/mol. The third-order valence-electron chi connectivity index (χ3n) is 3.39. The third kappa shape index (κ3) is 3.21. The first-order valence-corrected chi connectivity index (χ1v) is 7.82. The summed E-state index contributed by atoms with van der Waals surface area (Å²) in [6.07, 6.45) is 1.62. The van der Waals surface area contributed by atoms with Crippen molar-refractivity contribution in [3.8, 4) is 11.4 Å². The van der Waals surface area contributed by atoms with E-state index in [2.05, 4.69) is 15.5 Å². The van der Waals surface area contributed by atoms with Crippen LogP contribution in [0, 0.1) is 6.92 Å². The van der Waals surface area contributed by atoms with Crippen molar-refractivity contribution in [1.29, 1.82) is 0 Å². The molecule has 1 N–H and O–H groups in total. The number of nitrogens with zero attached hydrogens (tertiary/aromatic N) is 4. The molecule has 0 saturated heterocycles. The molecule has 7 nitrogen and oxygen atoms in total. The summed E-state index contributed by atoms with van der Waals surface area (Å²) in [6.45, 7) is 1.81. The monoisotopic (exact) mass is 329 g/mol. The van der Waals surface area contributed by atoms with Crippen LogP contribution in [0.5, 0.6) is 0 Å². The van der Waals surface area contributed by atoms with Gasteiger partial charge in [-0.2, -0.15) is 0 Å². The van der Waals surface area contributed by atoms with E-state index in [9.17, 15) is 9.59 Å². The predicted molar refractivity (Wildman–Crippen MR) is 88.4 cm³/mol. The Labute approximate surface area is 136 Å². The van der Waals surface area contributed by atoms with E-state index >= 15 is 0 Å². The Balaban J connectivity index is 1.77. The highest BCUT2D eigenvalue weighted by Gasteiger charge is 2.10. The Kier molecular flexibility index (Phi) is 4.07. The number of amides is 1. The van der Waals surface area contributed by atoms with E-state index in [0.717, 1.165) is 22.6 Å². The quantitative estimate of drug-likeness (QED) is 0.789. The lowest BCUT2D eigenvalue weighted by Crippen LogP contribution is -2.25. The number of aryl methyl sites for hydroxylation is 2. The summed E-state index contributed by atoms with van der Waals surface area (Å²) in [5, 5.41) is 12.4. The molecule has 0 spiro atoms. The van der Waals surface area contributed by atoms with Crippen LogP contribution in [0.25, 0.3) is 11.4 Å². The van der Waals surface area contributed by atoms with Crippen LogP contribution < -0.4 is 10.2 Å². The van der Waals surface area contributed by atoms with Gasteiger partial charge in [-0.05, 0) is 19.1 Å². The van der Waals surface area contributed by atoms with Crippen molar-refractivity contribution < 1.29 is 4.79 Å². The molecule has 0 fully saturated rings. The van der Waals surface area contributed by atoms with Gasteiger partial charge in [0.25, 0.3) is 0 Å².